The first-order valence-electron chi connectivity index (χ1n) is 7.10. The summed E-state index contributed by atoms with van der Waals surface area (Å²) in [5.41, 5.74) is 0. The molecule has 96 valence electrons. The Morgan fingerprint density at radius 1 is 1.12 bits per heavy atom. The minimum Gasteiger partial charge on any atom is -0.297 e. The molecule has 1 saturated heterocycles. The number of allylic oxidation sites excluding steroid dienone is 2. The maximum absolute atomic E-state index is 14.2. The molecule has 0 aromatic heterocycles. The van der Waals surface area contributed by atoms with E-state index in [2.05, 4.69) is 44.7 Å². The largest absolute Gasteiger partial charge is 0.297 e. The first kappa shape index (κ1) is 11.7. The van der Waals surface area contributed by atoms with Crippen LogP contribution in [0.25, 0.3) is 0 Å². The predicted molar refractivity (Wildman–Crippen MR) is 68.5 cm³/mol. The van der Waals surface area contributed by atoms with Gasteiger partial charge >= 0.3 is 0 Å². The third kappa shape index (κ3) is 1.46. The number of hydrogen-bond acceptors (Lipinski definition) is 1. The van der Waals surface area contributed by atoms with Gasteiger partial charge in [-0.3, -0.25) is 4.90 Å². The van der Waals surface area contributed by atoms with Crippen LogP contribution in [0.2, 0.25) is 0 Å². The fraction of sp³-hybridized carbons (Fsp3) is 0.867. The standard InChI is InChI=1S/C15H24FN/c1-8(2)15-13-11-6-5-10(14(11)16)12(13)7-17(15)9(3)4/h5-6,8-15H,7H2,1-4H3. The summed E-state index contributed by atoms with van der Waals surface area (Å²) < 4.78 is 14.2. The lowest BCUT2D eigenvalue weighted by molar-refractivity contribution is 0.112. The molecule has 1 saturated carbocycles. The summed E-state index contributed by atoms with van der Waals surface area (Å²) in [6.45, 7) is 10.3. The molecular formula is C15H24FN. The SMILES string of the molecule is CC(C)C1C2C3C=CC(C3F)C2CN1C(C)C. The molecular weight excluding hydrogens is 213 g/mol. The van der Waals surface area contributed by atoms with Crippen LogP contribution in [0.4, 0.5) is 4.39 Å². The minimum atomic E-state index is -0.583. The van der Waals surface area contributed by atoms with Gasteiger partial charge in [0.05, 0.1) is 0 Å². The molecule has 0 amide bonds. The molecule has 1 nitrogen and oxygen atoms in total. The quantitative estimate of drug-likeness (QED) is 0.667. The molecule has 0 aromatic rings. The lowest BCUT2D eigenvalue weighted by Crippen LogP contribution is -2.43. The van der Waals surface area contributed by atoms with Gasteiger partial charge in [-0.25, -0.2) is 4.39 Å². The number of alkyl halides is 1. The van der Waals surface area contributed by atoms with Gasteiger partial charge in [0.1, 0.15) is 6.17 Å². The third-order valence-corrected chi connectivity index (χ3v) is 5.27. The Morgan fingerprint density at radius 2 is 1.76 bits per heavy atom. The number of halogens is 1. The Balaban J connectivity index is 1.92. The van der Waals surface area contributed by atoms with E-state index < -0.39 is 6.17 Å². The molecule has 0 spiro atoms. The second kappa shape index (κ2) is 3.81. The van der Waals surface area contributed by atoms with Crippen LogP contribution in [0.5, 0.6) is 0 Å². The molecule has 0 aromatic carbocycles. The van der Waals surface area contributed by atoms with Gasteiger partial charge < -0.3 is 0 Å². The summed E-state index contributed by atoms with van der Waals surface area (Å²) in [6.07, 6.45) is 3.73. The Labute approximate surface area is 104 Å². The van der Waals surface area contributed by atoms with Crippen molar-refractivity contribution in [2.24, 2.45) is 29.6 Å². The van der Waals surface area contributed by atoms with Gasteiger partial charge in [0.25, 0.3) is 0 Å². The van der Waals surface area contributed by atoms with E-state index >= 15 is 0 Å². The van der Waals surface area contributed by atoms with Gasteiger partial charge in [-0.15, -0.1) is 0 Å². The van der Waals surface area contributed by atoms with Crippen molar-refractivity contribution in [3.63, 3.8) is 0 Å². The van der Waals surface area contributed by atoms with Crippen molar-refractivity contribution in [2.75, 3.05) is 6.54 Å². The highest BCUT2D eigenvalue weighted by Crippen LogP contribution is 2.56. The summed E-state index contributed by atoms with van der Waals surface area (Å²) in [4.78, 5) is 2.62. The molecule has 3 aliphatic rings. The van der Waals surface area contributed by atoms with Crippen LogP contribution < -0.4 is 0 Å². The van der Waals surface area contributed by atoms with Gasteiger partial charge in [0.15, 0.2) is 0 Å². The Hall–Kier alpha value is -0.370. The molecule has 0 N–H and O–H groups in total. The van der Waals surface area contributed by atoms with Crippen LogP contribution in [0.1, 0.15) is 27.7 Å². The maximum atomic E-state index is 14.2. The van der Waals surface area contributed by atoms with Gasteiger partial charge in [-0.05, 0) is 31.6 Å². The molecule has 6 unspecified atom stereocenters. The molecule has 0 radical (unpaired) electrons. The highest BCUT2D eigenvalue weighted by atomic mass is 19.1. The van der Waals surface area contributed by atoms with E-state index in [1.165, 1.54) is 0 Å². The first-order chi connectivity index (χ1) is 8.02. The summed E-state index contributed by atoms with van der Waals surface area (Å²) >= 11 is 0. The van der Waals surface area contributed by atoms with Gasteiger partial charge in [-0.1, -0.05) is 26.0 Å². The van der Waals surface area contributed by atoms with Crippen LogP contribution in [0, 0.1) is 29.6 Å². The number of likely N-dealkylation sites (tertiary alicyclic amines) is 1. The number of rotatable bonds is 2. The van der Waals surface area contributed by atoms with Crippen molar-refractivity contribution >= 4 is 0 Å². The van der Waals surface area contributed by atoms with E-state index in [9.17, 15) is 4.39 Å². The van der Waals surface area contributed by atoms with Crippen LogP contribution in [0.15, 0.2) is 12.2 Å². The van der Waals surface area contributed by atoms with Crippen LogP contribution in [-0.4, -0.2) is 29.7 Å². The van der Waals surface area contributed by atoms with Crippen LogP contribution >= 0.6 is 0 Å². The number of nitrogens with zero attached hydrogens (tertiary/aromatic N) is 1. The first-order valence-corrected chi connectivity index (χ1v) is 7.10. The summed E-state index contributed by atoms with van der Waals surface area (Å²) in [7, 11) is 0. The van der Waals surface area contributed by atoms with Crippen molar-refractivity contribution in [3.05, 3.63) is 12.2 Å². The average Bonchev–Trinajstić information content (AvgIpc) is 2.86. The zero-order chi connectivity index (χ0) is 12.3. The zero-order valence-electron chi connectivity index (χ0n) is 11.3. The van der Waals surface area contributed by atoms with Crippen LogP contribution in [0.3, 0.4) is 0 Å². The highest BCUT2D eigenvalue weighted by molar-refractivity contribution is 5.23. The van der Waals surface area contributed by atoms with Gasteiger partial charge in [0.2, 0.25) is 0 Å². The van der Waals surface area contributed by atoms with E-state index in [0.29, 0.717) is 29.8 Å². The smallest absolute Gasteiger partial charge is 0.113 e. The molecule has 17 heavy (non-hydrogen) atoms. The van der Waals surface area contributed by atoms with Crippen molar-refractivity contribution < 1.29 is 4.39 Å². The summed E-state index contributed by atoms with van der Waals surface area (Å²) in [5, 5.41) is 0. The second-order valence-corrected chi connectivity index (χ2v) is 6.75. The second-order valence-electron chi connectivity index (χ2n) is 6.75. The third-order valence-electron chi connectivity index (χ3n) is 5.27. The van der Waals surface area contributed by atoms with Crippen LogP contribution in [-0.2, 0) is 0 Å². The lowest BCUT2D eigenvalue weighted by Gasteiger charge is -2.35. The molecule has 3 rings (SSSR count). The van der Waals surface area contributed by atoms with E-state index in [-0.39, 0.29) is 11.8 Å². The summed E-state index contributed by atoms with van der Waals surface area (Å²) in [6, 6.07) is 1.17. The van der Waals surface area contributed by atoms with E-state index in [1.54, 1.807) is 0 Å². The monoisotopic (exact) mass is 237 g/mol. The predicted octanol–water partition coefficient (Wildman–Crippen LogP) is 3.12. The van der Waals surface area contributed by atoms with Crippen molar-refractivity contribution in [2.45, 2.75) is 46.0 Å². The lowest BCUT2D eigenvalue weighted by atomic mass is 9.78. The molecule has 1 aliphatic heterocycles. The molecule has 1 heterocycles. The van der Waals surface area contributed by atoms with Crippen molar-refractivity contribution in [3.8, 4) is 0 Å². The van der Waals surface area contributed by atoms with Gasteiger partial charge in [0, 0.05) is 30.5 Å². The van der Waals surface area contributed by atoms with E-state index in [0.717, 1.165) is 6.54 Å². The fourth-order valence-corrected chi connectivity index (χ4v) is 4.68. The van der Waals surface area contributed by atoms with Crippen molar-refractivity contribution in [1.29, 1.82) is 0 Å². The summed E-state index contributed by atoms with van der Waals surface area (Å²) in [5.74, 6) is 2.21. The van der Waals surface area contributed by atoms with Crippen molar-refractivity contribution in [1.82, 2.24) is 4.90 Å². The molecule has 2 heteroatoms. The number of fused-ring (bicyclic) bond motifs is 5. The Morgan fingerprint density at radius 3 is 2.35 bits per heavy atom. The Bertz CT molecular complexity index is 336. The highest BCUT2D eigenvalue weighted by Gasteiger charge is 2.60. The number of hydrogen-bond donors (Lipinski definition) is 0. The molecule has 6 atom stereocenters. The normalized spacial score (nSPS) is 48.6. The minimum absolute atomic E-state index is 0.209. The van der Waals surface area contributed by atoms with E-state index in [1.807, 2.05) is 0 Å². The zero-order valence-corrected chi connectivity index (χ0v) is 11.3. The van der Waals surface area contributed by atoms with Gasteiger partial charge in [-0.2, -0.15) is 0 Å². The van der Waals surface area contributed by atoms with E-state index in [4.69, 9.17) is 0 Å². The topological polar surface area (TPSA) is 3.24 Å². The molecule has 2 aliphatic carbocycles. The Kier molecular flexibility index (Phi) is 2.62. The average molecular weight is 237 g/mol. The maximum Gasteiger partial charge on any atom is 0.113 e. The molecule has 2 fully saturated rings. The fourth-order valence-electron chi connectivity index (χ4n) is 4.68. The molecule has 2 bridgehead atoms.